The molecule has 0 aromatic heterocycles. The van der Waals surface area contributed by atoms with Gasteiger partial charge in [-0.1, -0.05) is 7.66 Å². The smallest absolute Gasteiger partial charge is 0.0806 e. The first-order valence-corrected chi connectivity index (χ1v) is 13.2. The van der Waals surface area contributed by atoms with E-state index in [4.69, 9.17) is 9.73 Å². The maximum Gasteiger partial charge on any atom is 0.0806 e. The van der Waals surface area contributed by atoms with E-state index in [1.54, 1.807) is 0 Å². The van der Waals surface area contributed by atoms with Gasteiger partial charge in [-0.2, -0.15) is 0 Å². The Morgan fingerprint density at radius 3 is 2.56 bits per heavy atom. The first kappa shape index (κ1) is 19.2. The molecule has 1 atom stereocenters. The van der Waals surface area contributed by atoms with E-state index in [0.717, 1.165) is 37.3 Å². The summed E-state index contributed by atoms with van der Waals surface area (Å²) in [5.74, 6) is 0. The zero-order valence-electron chi connectivity index (χ0n) is 16.3. The molecule has 4 nitrogen and oxygen atoms in total. The van der Waals surface area contributed by atoms with E-state index in [9.17, 15) is 0 Å². The zero-order chi connectivity index (χ0) is 19.1. The predicted molar refractivity (Wildman–Crippen MR) is 124 cm³/mol. The van der Waals surface area contributed by atoms with Crippen molar-refractivity contribution in [3.63, 3.8) is 0 Å². The number of hydrogen-bond acceptors (Lipinski definition) is 4. The summed E-state index contributed by atoms with van der Waals surface area (Å²) in [6, 6.07) is 9.57. The highest BCUT2D eigenvalue weighted by atomic mass is 127. The van der Waals surface area contributed by atoms with Crippen molar-refractivity contribution in [3.8, 4) is 0 Å². The summed E-state index contributed by atoms with van der Waals surface area (Å²) in [5.41, 5.74) is 6.15. The Labute approximate surface area is 175 Å². The second-order valence-corrected chi connectivity index (χ2v) is 11.6. The summed E-state index contributed by atoms with van der Waals surface area (Å²) in [4.78, 5) is 8.87. The summed E-state index contributed by atoms with van der Waals surface area (Å²) in [6.45, 7) is 12.3. The van der Waals surface area contributed by atoms with Crippen LogP contribution in [0.4, 0.5) is 17.1 Å². The normalized spacial score (nSPS) is 18.7. The van der Waals surface area contributed by atoms with Crippen molar-refractivity contribution in [2.75, 3.05) is 36.5 Å². The Kier molecular flexibility index (Phi) is 5.49. The molecule has 6 heteroatoms. The summed E-state index contributed by atoms with van der Waals surface area (Å²) in [6.07, 6.45) is 0. The third kappa shape index (κ3) is 3.76. The van der Waals surface area contributed by atoms with Gasteiger partial charge in [0.25, 0.3) is 0 Å². The molecular formula is C21H26IN3OS. The minimum Gasteiger partial charge on any atom is -0.383 e. The van der Waals surface area contributed by atoms with Crippen LogP contribution in [0.25, 0.3) is 0 Å². The van der Waals surface area contributed by atoms with Gasteiger partial charge in [-0.25, -0.2) is 4.99 Å². The summed E-state index contributed by atoms with van der Waals surface area (Å²) >= 11 is 2.61. The lowest BCUT2D eigenvalue weighted by molar-refractivity contribution is 0.122. The molecule has 0 spiro atoms. The number of anilines is 2. The molecule has 144 valence electrons. The summed E-state index contributed by atoms with van der Waals surface area (Å²) < 4.78 is 6.88. The minimum absolute atomic E-state index is 0.0221. The number of hydrogen-bond donors (Lipinski definition) is 1. The van der Waals surface area contributed by atoms with E-state index < -0.39 is 0 Å². The molecular weight excluding hydrogens is 469 g/mol. The number of nitrogens with one attached hydrogen (secondary N) is 1. The van der Waals surface area contributed by atoms with Crippen LogP contribution in [0.1, 0.15) is 25.0 Å². The Morgan fingerprint density at radius 1 is 1.11 bits per heavy atom. The van der Waals surface area contributed by atoms with E-state index in [1.165, 1.54) is 31.9 Å². The van der Waals surface area contributed by atoms with Gasteiger partial charge in [-0.15, -0.1) is 0 Å². The molecule has 2 aromatic rings. The van der Waals surface area contributed by atoms with Crippen molar-refractivity contribution >= 4 is 45.9 Å². The highest BCUT2D eigenvalue weighted by Crippen LogP contribution is 2.47. The molecule has 2 aliphatic heterocycles. The highest BCUT2D eigenvalue weighted by Gasteiger charge is 2.18. The van der Waals surface area contributed by atoms with Crippen LogP contribution in [0.5, 0.6) is 0 Å². The van der Waals surface area contributed by atoms with Gasteiger partial charge in [0.2, 0.25) is 0 Å². The van der Waals surface area contributed by atoms with Crippen molar-refractivity contribution in [1.82, 2.24) is 0 Å². The van der Waals surface area contributed by atoms with Gasteiger partial charge in [0.1, 0.15) is 0 Å². The lowest BCUT2D eigenvalue weighted by atomic mass is 10.1. The Hall–Kier alpha value is -1.12. The summed E-state index contributed by atoms with van der Waals surface area (Å²) in [5, 5.41) is 4.71. The third-order valence-corrected chi connectivity index (χ3v) is 9.20. The fourth-order valence-electron chi connectivity index (χ4n) is 3.69. The molecule has 0 radical (unpaired) electrons. The second-order valence-electron chi connectivity index (χ2n) is 7.52. The molecule has 4 rings (SSSR count). The van der Waals surface area contributed by atoms with E-state index in [2.05, 4.69) is 83.4 Å². The van der Waals surface area contributed by atoms with Crippen LogP contribution in [-0.4, -0.2) is 32.3 Å². The molecule has 0 aliphatic carbocycles. The number of aryl methyl sites for hydroxylation is 2. The Balaban J connectivity index is 1.88. The quantitative estimate of drug-likeness (QED) is 0.473. The van der Waals surface area contributed by atoms with Crippen molar-refractivity contribution in [2.24, 2.45) is 4.99 Å². The number of halogens is 1. The van der Waals surface area contributed by atoms with E-state index in [0.29, 0.717) is 6.04 Å². The molecule has 1 fully saturated rings. The largest absolute Gasteiger partial charge is 0.383 e. The van der Waals surface area contributed by atoms with E-state index >= 15 is 0 Å². The van der Waals surface area contributed by atoms with Gasteiger partial charge in [-0.05, 0) is 84.3 Å². The molecule has 2 aliphatic rings. The van der Waals surface area contributed by atoms with Crippen LogP contribution in [0.2, 0.25) is 0 Å². The number of benzene rings is 2. The van der Waals surface area contributed by atoms with Crippen LogP contribution < -0.4 is 15.6 Å². The number of morpholine rings is 1. The maximum absolute atomic E-state index is 5.52. The summed E-state index contributed by atoms with van der Waals surface area (Å²) in [7, 11) is -0.0221. The van der Waals surface area contributed by atoms with Crippen LogP contribution in [0, 0.1) is 18.4 Å². The lowest BCUT2D eigenvalue weighted by Crippen LogP contribution is -2.36. The molecule has 0 saturated carbocycles. The molecule has 0 bridgehead atoms. The number of ether oxygens (including phenoxy) is 1. The van der Waals surface area contributed by atoms with Crippen LogP contribution in [-0.2, 0) is 4.74 Å². The number of nitrogens with zero attached hydrogens (tertiary/aromatic N) is 2. The van der Waals surface area contributed by atoms with Crippen molar-refractivity contribution in [3.05, 3.63) is 45.3 Å². The second kappa shape index (κ2) is 7.72. The fraction of sp³-hybridized carbons (Fsp3) is 0.429. The maximum atomic E-state index is 5.52. The van der Waals surface area contributed by atoms with Crippen molar-refractivity contribution < 1.29 is 4.74 Å². The van der Waals surface area contributed by atoms with Crippen molar-refractivity contribution in [1.29, 1.82) is 0 Å². The Morgan fingerprint density at radius 2 is 1.85 bits per heavy atom. The van der Waals surface area contributed by atoms with Gasteiger partial charge >= 0.3 is 0 Å². The van der Waals surface area contributed by atoms with Gasteiger partial charge < -0.3 is 15.0 Å². The number of rotatable bonds is 3. The predicted octanol–water partition coefficient (Wildman–Crippen LogP) is 5.15. The van der Waals surface area contributed by atoms with Gasteiger partial charge in [0.15, 0.2) is 0 Å². The van der Waals surface area contributed by atoms with Gasteiger partial charge in [0, 0.05) is 39.9 Å². The number of fused-ring (bicyclic) bond motifs is 2. The molecule has 2 aromatic carbocycles. The lowest BCUT2D eigenvalue weighted by Gasteiger charge is -2.29. The first-order valence-electron chi connectivity index (χ1n) is 9.45. The Bertz CT molecular complexity index is 1010. The topological polar surface area (TPSA) is 36.9 Å². The molecule has 27 heavy (non-hydrogen) atoms. The highest BCUT2D eigenvalue weighted by molar-refractivity contribution is 14.2. The molecule has 2 heterocycles. The molecule has 1 N–H and O–H groups in total. The zero-order valence-corrected chi connectivity index (χ0v) is 19.3. The average molecular weight is 495 g/mol. The fourth-order valence-corrected chi connectivity index (χ4v) is 7.15. The van der Waals surface area contributed by atoms with E-state index in [-0.39, 0.29) is 7.66 Å². The standard InChI is InChI=1S/C21H26IN3OS/c1-13(2)23-16-9-14(3)20-18(11-16)27(22)19-12-17(10-15(4)21(19)24-20)25-5-7-26-8-6-25/h9-13,23H,5-8H2,1-4H3. The SMILES string of the molecule is Cc1cc(NC(C)C)cc2c1N=c1c(C)cc(N3CCOCC3)cc1=S2I. The third-order valence-electron chi connectivity index (χ3n) is 4.96. The van der Waals surface area contributed by atoms with Crippen LogP contribution >= 0.6 is 28.9 Å². The minimum atomic E-state index is -0.0221. The molecule has 0 amide bonds. The van der Waals surface area contributed by atoms with Crippen LogP contribution in [0.15, 0.2) is 34.2 Å². The van der Waals surface area contributed by atoms with Gasteiger partial charge in [-0.3, -0.25) is 0 Å². The van der Waals surface area contributed by atoms with Gasteiger partial charge in [0.05, 0.1) is 24.3 Å². The monoisotopic (exact) mass is 495 g/mol. The van der Waals surface area contributed by atoms with Crippen molar-refractivity contribution in [2.45, 2.75) is 38.6 Å². The average Bonchev–Trinajstić information content (AvgIpc) is 2.63. The van der Waals surface area contributed by atoms with Crippen LogP contribution in [0.3, 0.4) is 0 Å². The molecule has 1 saturated heterocycles. The first-order chi connectivity index (χ1) is 12.9. The molecule has 1 unspecified atom stereocenters. The van der Waals surface area contributed by atoms with E-state index in [1.807, 2.05) is 0 Å².